The molecular formula is C16H25BrN2. The minimum Gasteiger partial charge on any atom is -0.371 e. The Morgan fingerprint density at radius 1 is 1.21 bits per heavy atom. The summed E-state index contributed by atoms with van der Waals surface area (Å²) < 4.78 is 1.14. The topological polar surface area (TPSA) is 29.3 Å². The lowest BCUT2D eigenvalue weighted by atomic mass is 9.74. The molecule has 0 spiro atoms. The van der Waals surface area contributed by atoms with Crippen LogP contribution in [0, 0.1) is 5.41 Å². The summed E-state index contributed by atoms with van der Waals surface area (Å²) in [7, 11) is 0. The van der Waals surface area contributed by atoms with Gasteiger partial charge in [-0.1, -0.05) is 48.7 Å². The van der Waals surface area contributed by atoms with E-state index in [1.165, 1.54) is 36.9 Å². The second-order valence-corrected chi connectivity index (χ2v) is 6.59. The number of anilines is 1. The zero-order chi connectivity index (χ0) is 13.9. The van der Waals surface area contributed by atoms with Crippen LogP contribution >= 0.6 is 15.9 Å². The first kappa shape index (κ1) is 14.9. The number of hydrogen-bond acceptors (Lipinski definition) is 2. The van der Waals surface area contributed by atoms with E-state index < -0.39 is 0 Å². The van der Waals surface area contributed by atoms with Crippen molar-refractivity contribution in [3.05, 3.63) is 28.2 Å². The van der Waals surface area contributed by atoms with Crippen molar-refractivity contribution < 1.29 is 0 Å². The zero-order valence-electron chi connectivity index (χ0n) is 12.1. The molecule has 1 heterocycles. The van der Waals surface area contributed by atoms with Crippen molar-refractivity contribution in [1.29, 1.82) is 0 Å². The maximum absolute atomic E-state index is 5.87. The number of nitrogens with zero attached hydrogens (tertiary/aromatic N) is 1. The summed E-state index contributed by atoms with van der Waals surface area (Å²) >= 11 is 3.57. The van der Waals surface area contributed by atoms with Gasteiger partial charge in [0, 0.05) is 29.8 Å². The van der Waals surface area contributed by atoms with Crippen molar-refractivity contribution in [3.63, 3.8) is 0 Å². The van der Waals surface area contributed by atoms with Crippen LogP contribution in [0.15, 0.2) is 22.7 Å². The maximum Gasteiger partial charge on any atom is 0.0423 e. The molecule has 0 aromatic heterocycles. The number of nitrogens with two attached hydrogens (primary N) is 1. The standard InChI is InChI=1S/C16H25BrN2/c1-3-16(4-2)7-9-19(10-8-16)15-11-14(17)6-5-13(15)12-18/h5-6,11H,3-4,7-10,12,18H2,1-2H3. The normalized spacial score (nSPS) is 18.6. The molecule has 1 aliphatic rings. The number of halogens is 1. The van der Waals surface area contributed by atoms with Crippen LogP contribution in [0.4, 0.5) is 5.69 Å². The van der Waals surface area contributed by atoms with Crippen LogP contribution in [0.1, 0.15) is 45.1 Å². The molecule has 0 saturated carbocycles. The van der Waals surface area contributed by atoms with Gasteiger partial charge in [-0.2, -0.15) is 0 Å². The highest BCUT2D eigenvalue weighted by Gasteiger charge is 2.31. The van der Waals surface area contributed by atoms with E-state index in [1.54, 1.807) is 0 Å². The molecule has 0 aliphatic carbocycles. The van der Waals surface area contributed by atoms with Gasteiger partial charge in [-0.15, -0.1) is 0 Å². The highest BCUT2D eigenvalue weighted by atomic mass is 79.9. The van der Waals surface area contributed by atoms with Gasteiger partial charge >= 0.3 is 0 Å². The lowest BCUT2D eigenvalue weighted by Gasteiger charge is -2.42. The van der Waals surface area contributed by atoms with Gasteiger partial charge in [0.05, 0.1) is 0 Å². The molecule has 1 saturated heterocycles. The molecule has 106 valence electrons. The fraction of sp³-hybridized carbons (Fsp3) is 0.625. The molecule has 0 radical (unpaired) electrons. The minimum atomic E-state index is 0.575. The van der Waals surface area contributed by atoms with Gasteiger partial charge in [-0.25, -0.2) is 0 Å². The van der Waals surface area contributed by atoms with Crippen molar-refractivity contribution in [2.45, 2.75) is 46.1 Å². The van der Waals surface area contributed by atoms with E-state index in [0.717, 1.165) is 17.6 Å². The maximum atomic E-state index is 5.87. The highest BCUT2D eigenvalue weighted by molar-refractivity contribution is 9.10. The molecule has 2 rings (SSSR count). The van der Waals surface area contributed by atoms with Gasteiger partial charge in [0.25, 0.3) is 0 Å². The molecule has 1 aromatic carbocycles. The number of piperidine rings is 1. The Morgan fingerprint density at radius 3 is 2.37 bits per heavy atom. The van der Waals surface area contributed by atoms with Crippen molar-refractivity contribution in [1.82, 2.24) is 0 Å². The van der Waals surface area contributed by atoms with Crippen LogP contribution < -0.4 is 10.6 Å². The Morgan fingerprint density at radius 2 is 1.84 bits per heavy atom. The first-order valence-corrected chi connectivity index (χ1v) is 8.17. The lowest BCUT2D eigenvalue weighted by Crippen LogP contribution is -2.40. The molecule has 0 atom stereocenters. The predicted molar refractivity (Wildman–Crippen MR) is 86.5 cm³/mol. The summed E-state index contributed by atoms with van der Waals surface area (Å²) in [5.74, 6) is 0. The van der Waals surface area contributed by atoms with Crippen molar-refractivity contribution >= 4 is 21.6 Å². The minimum absolute atomic E-state index is 0.575. The van der Waals surface area contributed by atoms with Gasteiger partial charge < -0.3 is 10.6 Å². The van der Waals surface area contributed by atoms with Gasteiger partial charge in [0.2, 0.25) is 0 Å². The van der Waals surface area contributed by atoms with Crippen molar-refractivity contribution in [2.24, 2.45) is 11.1 Å². The molecule has 2 nitrogen and oxygen atoms in total. The van der Waals surface area contributed by atoms with E-state index in [0.29, 0.717) is 12.0 Å². The van der Waals surface area contributed by atoms with Gasteiger partial charge in [-0.05, 0) is 36.0 Å². The van der Waals surface area contributed by atoms with Crippen LogP contribution in [-0.4, -0.2) is 13.1 Å². The first-order chi connectivity index (χ1) is 9.14. The number of rotatable bonds is 4. The van der Waals surface area contributed by atoms with E-state index in [1.807, 2.05) is 0 Å². The molecule has 1 aromatic rings. The smallest absolute Gasteiger partial charge is 0.0423 e. The van der Waals surface area contributed by atoms with Gasteiger partial charge in [-0.3, -0.25) is 0 Å². The van der Waals surface area contributed by atoms with Gasteiger partial charge in [0.1, 0.15) is 0 Å². The Hall–Kier alpha value is -0.540. The third-order valence-corrected chi connectivity index (χ3v) is 5.43. The third kappa shape index (κ3) is 3.14. The Kier molecular flexibility index (Phi) is 4.91. The number of benzene rings is 1. The van der Waals surface area contributed by atoms with E-state index >= 15 is 0 Å². The van der Waals surface area contributed by atoms with Crippen LogP contribution in [0.3, 0.4) is 0 Å². The van der Waals surface area contributed by atoms with Gasteiger partial charge in [0.15, 0.2) is 0 Å². The predicted octanol–water partition coefficient (Wildman–Crippen LogP) is 4.31. The lowest BCUT2D eigenvalue weighted by molar-refractivity contribution is 0.199. The second kappa shape index (κ2) is 6.27. The summed E-state index contributed by atoms with van der Waals surface area (Å²) in [6, 6.07) is 6.44. The van der Waals surface area contributed by atoms with Crippen molar-refractivity contribution in [2.75, 3.05) is 18.0 Å². The Labute approximate surface area is 125 Å². The van der Waals surface area contributed by atoms with Crippen LogP contribution in [0.5, 0.6) is 0 Å². The van der Waals surface area contributed by atoms with Crippen LogP contribution in [0.2, 0.25) is 0 Å². The Balaban J connectivity index is 2.15. The quantitative estimate of drug-likeness (QED) is 0.893. The molecule has 1 fully saturated rings. The monoisotopic (exact) mass is 324 g/mol. The third-order valence-electron chi connectivity index (χ3n) is 4.93. The zero-order valence-corrected chi connectivity index (χ0v) is 13.7. The molecule has 0 amide bonds. The molecule has 0 bridgehead atoms. The number of hydrogen-bond donors (Lipinski definition) is 1. The fourth-order valence-corrected chi connectivity index (χ4v) is 3.53. The molecular weight excluding hydrogens is 300 g/mol. The molecule has 2 N–H and O–H groups in total. The van der Waals surface area contributed by atoms with Crippen LogP contribution in [0.25, 0.3) is 0 Å². The summed E-state index contributed by atoms with van der Waals surface area (Å²) in [6.07, 6.45) is 5.21. The van der Waals surface area contributed by atoms with E-state index in [-0.39, 0.29) is 0 Å². The molecule has 19 heavy (non-hydrogen) atoms. The van der Waals surface area contributed by atoms with E-state index in [2.05, 4.69) is 52.9 Å². The van der Waals surface area contributed by atoms with E-state index in [4.69, 9.17) is 5.73 Å². The molecule has 1 aliphatic heterocycles. The summed E-state index contributed by atoms with van der Waals surface area (Å²) in [4.78, 5) is 2.51. The molecule has 3 heteroatoms. The second-order valence-electron chi connectivity index (χ2n) is 5.67. The van der Waals surface area contributed by atoms with Crippen molar-refractivity contribution in [3.8, 4) is 0 Å². The summed E-state index contributed by atoms with van der Waals surface area (Å²) in [6.45, 7) is 7.61. The molecule has 0 unspecified atom stereocenters. The largest absolute Gasteiger partial charge is 0.371 e. The highest BCUT2D eigenvalue weighted by Crippen LogP contribution is 2.40. The van der Waals surface area contributed by atoms with Crippen LogP contribution in [-0.2, 0) is 6.54 Å². The fourth-order valence-electron chi connectivity index (χ4n) is 3.18. The Bertz CT molecular complexity index is 417. The first-order valence-electron chi connectivity index (χ1n) is 7.37. The average molecular weight is 325 g/mol. The average Bonchev–Trinajstić information content (AvgIpc) is 2.47. The summed E-state index contributed by atoms with van der Waals surface area (Å²) in [5, 5.41) is 0. The SMILES string of the molecule is CCC1(CC)CCN(c2cc(Br)ccc2CN)CC1. The summed E-state index contributed by atoms with van der Waals surface area (Å²) in [5.41, 5.74) is 9.02. The van der Waals surface area contributed by atoms with E-state index in [9.17, 15) is 0 Å².